The van der Waals surface area contributed by atoms with Crippen LogP contribution in [-0.4, -0.2) is 0 Å². The summed E-state index contributed by atoms with van der Waals surface area (Å²) < 4.78 is 5.69. The summed E-state index contributed by atoms with van der Waals surface area (Å²) in [4.78, 5) is 0. The molecule has 0 aromatic heterocycles. The van der Waals surface area contributed by atoms with E-state index in [2.05, 4.69) is 65.8 Å². The third kappa shape index (κ3) is 3.20. The van der Waals surface area contributed by atoms with E-state index in [1.54, 1.807) is 0 Å². The first-order valence-electron chi connectivity index (χ1n) is 7.14. The standard InChI is InChI=1S/C18H26O/c1-17(2,3)14-10-13(16-8-7-9-19-16)11-15(12-14)18(4,5)6/h7,9-12,16H,8H2,1-6H3. The van der Waals surface area contributed by atoms with Crippen molar-refractivity contribution in [1.29, 1.82) is 0 Å². The van der Waals surface area contributed by atoms with Crippen LogP contribution < -0.4 is 0 Å². The number of hydrogen-bond acceptors (Lipinski definition) is 1. The fraction of sp³-hybridized carbons (Fsp3) is 0.556. The maximum atomic E-state index is 5.69. The molecule has 0 N–H and O–H groups in total. The molecule has 0 spiro atoms. The predicted molar refractivity (Wildman–Crippen MR) is 81.4 cm³/mol. The molecule has 0 aliphatic carbocycles. The lowest BCUT2D eigenvalue weighted by Crippen LogP contribution is -2.17. The molecule has 0 radical (unpaired) electrons. The summed E-state index contributed by atoms with van der Waals surface area (Å²) in [6.45, 7) is 13.6. The average Bonchev–Trinajstić information content (AvgIpc) is 2.79. The number of ether oxygens (including phenoxy) is 1. The van der Waals surface area contributed by atoms with Crippen molar-refractivity contribution in [3.05, 3.63) is 47.2 Å². The fourth-order valence-corrected chi connectivity index (χ4v) is 2.30. The minimum absolute atomic E-state index is 0.169. The molecule has 1 aromatic carbocycles. The van der Waals surface area contributed by atoms with Crippen LogP contribution >= 0.6 is 0 Å². The van der Waals surface area contributed by atoms with Gasteiger partial charge in [0.15, 0.2) is 0 Å². The van der Waals surface area contributed by atoms with Crippen LogP contribution in [0.3, 0.4) is 0 Å². The molecular weight excluding hydrogens is 232 g/mol. The second-order valence-electron chi connectivity index (χ2n) is 7.58. The smallest absolute Gasteiger partial charge is 0.126 e. The van der Waals surface area contributed by atoms with Crippen LogP contribution in [0.1, 0.15) is 70.8 Å². The van der Waals surface area contributed by atoms with Crippen molar-refractivity contribution < 1.29 is 4.74 Å². The lowest BCUT2D eigenvalue weighted by Gasteiger charge is -2.27. The summed E-state index contributed by atoms with van der Waals surface area (Å²) in [6, 6.07) is 6.98. The first-order valence-corrected chi connectivity index (χ1v) is 7.14. The normalized spacial score (nSPS) is 19.6. The van der Waals surface area contributed by atoms with Gasteiger partial charge in [0.25, 0.3) is 0 Å². The van der Waals surface area contributed by atoms with E-state index >= 15 is 0 Å². The van der Waals surface area contributed by atoms with Gasteiger partial charge in [-0.05, 0) is 33.6 Å². The van der Waals surface area contributed by atoms with Crippen LogP contribution in [0.2, 0.25) is 0 Å². The van der Waals surface area contributed by atoms with Crippen molar-refractivity contribution in [2.45, 2.75) is 64.9 Å². The van der Waals surface area contributed by atoms with Crippen molar-refractivity contribution in [2.75, 3.05) is 0 Å². The van der Waals surface area contributed by atoms with E-state index in [4.69, 9.17) is 4.74 Å². The van der Waals surface area contributed by atoms with E-state index in [1.807, 2.05) is 6.26 Å². The molecule has 1 aromatic rings. The average molecular weight is 258 g/mol. The summed E-state index contributed by atoms with van der Waals surface area (Å²) in [5.41, 5.74) is 4.43. The molecule has 19 heavy (non-hydrogen) atoms. The van der Waals surface area contributed by atoms with Gasteiger partial charge in [0.1, 0.15) is 6.10 Å². The highest BCUT2D eigenvalue weighted by atomic mass is 16.5. The molecule has 104 valence electrons. The van der Waals surface area contributed by atoms with Crippen molar-refractivity contribution in [1.82, 2.24) is 0 Å². The van der Waals surface area contributed by atoms with Crippen molar-refractivity contribution in [2.24, 2.45) is 0 Å². The van der Waals surface area contributed by atoms with Gasteiger partial charge in [-0.2, -0.15) is 0 Å². The topological polar surface area (TPSA) is 9.23 Å². The summed E-state index contributed by atoms with van der Waals surface area (Å²) in [7, 11) is 0. The Morgan fingerprint density at radius 1 is 0.895 bits per heavy atom. The molecular formula is C18H26O. The predicted octanol–water partition coefficient (Wildman–Crippen LogP) is 5.26. The molecule has 1 aliphatic rings. The second-order valence-corrected chi connectivity index (χ2v) is 7.58. The van der Waals surface area contributed by atoms with Crippen LogP contribution in [0.25, 0.3) is 0 Å². The van der Waals surface area contributed by atoms with E-state index in [-0.39, 0.29) is 16.9 Å². The zero-order valence-corrected chi connectivity index (χ0v) is 13.1. The van der Waals surface area contributed by atoms with Gasteiger partial charge >= 0.3 is 0 Å². The van der Waals surface area contributed by atoms with Crippen molar-refractivity contribution in [3.8, 4) is 0 Å². The fourth-order valence-electron chi connectivity index (χ4n) is 2.30. The molecule has 0 fully saturated rings. The van der Waals surface area contributed by atoms with Gasteiger partial charge in [-0.25, -0.2) is 0 Å². The highest BCUT2D eigenvalue weighted by Crippen LogP contribution is 2.35. The summed E-state index contributed by atoms with van der Waals surface area (Å²) in [5.74, 6) is 0. The first-order chi connectivity index (χ1) is 8.68. The van der Waals surface area contributed by atoms with Gasteiger partial charge in [0.05, 0.1) is 6.26 Å². The summed E-state index contributed by atoms with van der Waals surface area (Å²) in [5, 5.41) is 0. The number of hydrogen-bond donors (Lipinski definition) is 0. The minimum atomic E-state index is 0.169. The van der Waals surface area contributed by atoms with Crippen LogP contribution in [-0.2, 0) is 15.6 Å². The summed E-state index contributed by atoms with van der Waals surface area (Å²) >= 11 is 0. The Morgan fingerprint density at radius 3 is 1.79 bits per heavy atom. The van der Waals surface area contributed by atoms with Crippen molar-refractivity contribution in [3.63, 3.8) is 0 Å². The first kappa shape index (κ1) is 14.2. The highest BCUT2D eigenvalue weighted by molar-refractivity contribution is 5.38. The molecule has 1 atom stereocenters. The van der Waals surface area contributed by atoms with E-state index in [9.17, 15) is 0 Å². The third-order valence-electron chi connectivity index (χ3n) is 3.75. The van der Waals surface area contributed by atoms with Crippen LogP contribution in [0, 0.1) is 0 Å². The second kappa shape index (κ2) is 4.70. The van der Waals surface area contributed by atoms with Gasteiger partial charge in [-0.15, -0.1) is 0 Å². The Balaban J connectivity index is 2.49. The molecule has 0 saturated carbocycles. The molecule has 1 aliphatic heterocycles. The minimum Gasteiger partial charge on any atom is -0.493 e. The lowest BCUT2D eigenvalue weighted by atomic mass is 9.79. The largest absolute Gasteiger partial charge is 0.493 e. The third-order valence-corrected chi connectivity index (χ3v) is 3.75. The van der Waals surface area contributed by atoms with Crippen LogP contribution in [0.15, 0.2) is 30.5 Å². The maximum absolute atomic E-state index is 5.69. The van der Waals surface area contributed by atoms with Gasteiger partial charge in [-0.1, -0.05) is 59.7 Å². The molecule has 0 bridgehead atoms. The quantitative estimate of drug-likeness (QED) is 0.668. The zero-order valence-electron chi connectivity index (χ0n) is 13.1. The monoisotopic (exact) mass is 258 g/mol. The SMILES string of the molecule is CC(C)(C)c1cc(C2CC=CO2)cc(C(C)(C)C)c1. The molecule has 1 heteroatoms. The molecule has 1 unspecified atom stereocenters. The molecule has 2 rings (SSSR count). The van der Waals surface area contributed by atoms with E-state index in [1.165, 1.54) is 16.7 Å². The Labute approximate surface area is 117 Å². The Kier molecular flexibility index (Phi) is 3.51. The number of rotatable bonds is 1. The van der Waals surface area contributed by atoms with Gasteiger partial charge < -0.3 is 4.74 Å². The van der Waals surface area contributed by atoms with Crippen LogP contribution in [0.5, 0.6) is 0 Å². The van der Waals surface area contributed by atoms with Gasteiger partial charge in [0, 0.05) is 6.42 Å². The van der Waals surface area contributed by atoms with E-state index in [0.29, 0.717) is 0 Å². The van der Waals surface area contributed by atoms with E-state index < -0.39 is 0 Å². The van der Waals surface area contributed by atoms with Crippen molar-refractivity contribution >= 4 is 0 Å². The van der Waals surface area contributed by atoms with Gasteiger partial charge in [0.2, 0.25) is 0 Å². The molecule has 0 saturated heterocycles. The Morgan fingerprint density at radius 2 is 1.42 bits per heavy atom. The number of benzene rings is 1. The molecule has 1 heterocycles. The molecule has 0 amide bonds. The lowest BCUT2D eigenvalue weighted by molar-refractivity contribution is 0.173. The molecule has 1 nitrogen and oxygen atoms in total. The van der Waals surface area contributed by atoms with Crippen LogP contribution in [0.4, 0.5) is 0 Å². The zero-order chi connectivity index (χ0) is 14.3. The summed E-state index contributed by atoms with van der Waals surface area (Å²) in [6.07, 6.45) is 5.11. The highest BCUT2D eigenvalue weighted by Gasteiger charge is 2.23. The van der Waals surface area contributed by atoms with E-state index in [0.717, 1.165) is 6.42 Å². The maximum Gasteiger partial charge on any atom is 0.126 e. The van der Waals surface area contributed by atoms with Gasteiger partial charge in [-0.3, -0.25) is 0 Å². The Hall–Kier alpha value is -1.24. The Bertz CT molecular complexity index is 443.